The van der Waals surface area contributed by atoms with E-state index in [1.165, 1.54) is 0 Å². The second-order valence-electron chi connectivity index (χ2n) is 5.65. The quantitative estimate of drug-likeness (QED) is 0.822. The number of hydrogen-bond acceptors (Lipinski definition) is 4. The van der Waals surface area contributed by atoms with Crippen LogP contribution in [0.1, 0.15) is 30.7 Å². The minimum absolute atomic E-state index is 0.116. The number of carbonyl (C=O) groups excluding carboxylic acids is 1. The van der Waals surface area contributed by atoms with Crippen molar-refractivity contribution in [2.75, 3.05) is 0 Å². The summed E-state index contributed by atoms with van der Waals surface area (Å²) in [7, 11) is 0. The number of hydrogen-bond donors (Lipinski definition) is 2. The standard InChI is InChI=1S/C16H18N2O3S/c19-13(18-15(16(20)21)10-8-9-10)6-3-7-14-17-11-4-1-2-5-12(11)22-14/h1-2,4-5,10,15H,3,6-9H2,(H,18,19)(H,20,21). The summed E-state index contributed by atoms with van der Waals surface area (Å²) in [6.45, 7) is 0. The average molecular weight is 318 g/mol. The highest BCUT2D eigenvalue weighted by Crippen LogP contribution is 2.32. The zero-order valence-electron chi connectivity index (χ0n) is 12.1. The van der Waals surface area contributed by atoms with E-state index in [9.17, 15) is 9.59 Å². The van der Waals surface area contributed by atoms with E-state index >= 15 is 0 Å². The van der Waals surface area contributed by atoms with Crippen LogP contribution in [0.5, 0.6) is 0 Å². The number of para-hydroxylation sites is 1. The molecule has 6 heteroatoms. The Morgan fingerprint density at radius 3 is 2.82 bits per heavy atom. The molecule has 22 heavy (non-hydrogen) atoms. The minimum atomic E-state index is -0.929. The van der Waals surface area contributed by atoms with Crippen LogP contribution in [0.25, 0.3) is 10.2 Å². The first kappa shape index (κ1) is 15.0. The van der Waals surface area contributed by atoms with Crippen LogP contribution in [-0.4, -0.2) is 28.0 Å². The monoisotopic (exact) mass is 318 g/mol. The van der Waals surface area contributed by atoms with Gasteiger partial charge in [-0.2, -0.15) is 0 Å². The third-order valence-electron chi connectivity index (χ3n) is 3.81. The number of nitrogens with zero attached hydrogens (tertiary/aromatic N) is 1. The van der Waals surface area contributed by atoms with Crippen molar-refractivity contribution >= 4 is 33.4 Å². The van der Waals surface area contributed by atoms with Gasteiger partial charge in [0.1, 0.15) is 6.04 Å². The Labute approximate surface area is 132 Å². The Bertz CT molecular complexity index is 661. The van der Waals surface area contributed by atoms with E-state index in [2.05, 4.69) is 10.3 Å². The lowest BCUT2D eigenvalue weighted by molar-refractivity contribution is -0.142. The molecule has 0 aliphatic heterocycles. The number of aromatic nitrogens is 1. The number of benzene rings is 1. The Balaban J connectivity index is 1.47. The Kier molecular flexibility index (Phi) is 4.38. The normalized spacial score (nSPS) is 15.6. The number of carboxylic acid groups (broad SMARTS) is 1. The van der Waals surface area contributed by atoms with Gasteiger partial charge in [-0.25, -0.2) is 9.78 Å². The van der Waals surface area contributed by atoms with E-state index in [0.717, 1.165) is 34.5 Å². The summed E-state index contributed by atoms with van der Waals surface area (Å²) in [6, 6.07) is 7.26. The molecular weight excluding hydrogens is 300 g/mol. The zero-order valence-corrected chi connectivity index (χ0v) is 12.9. The van der Waals surface area contributed by atoms with Crippen LogP contribution in [0, 0.1) is 5.92 Å². The molecule has 1 fully saturated rings. The third kappa shape index (κ3) is 3.62. The fourth-order valence-corrected chi connectivity index (χ4v) is 3.49. The van der Waals surface area contributed by atoms with Crippen LogP contribution >= 0.6 is 11.3 Å². The molecule has 1 atom stereocenters. The fourth-order valence-electron chi connectivity index (χ4n) is 2.48. The third-order valence-corrected chi connectivity index (χ3v) is 4.90. The molecule has 1 saturated carbocycles. The summed E-state index contributed by atoms with van der Waals surface area (Å²) in [5.74, 6) is -0.992. The van der Waals surface area contributed by atoms with E-state index in [4.69, 9.17) is 5.11 Å². The van der Waals surface area contributed by atoms with Crippen molar-refractivity contribution in [3.63, 3.8) is 0 Å². The van der Waals surface area contributed by atoms with Gasteiger partial charge in [0.15, 0.2) is 0 Å². The van der Waals surface area contributed by atoms with Gasteiger partial charge in [0.2, 0.25) is 5.91 Å². The van der Waals surface area contributed by atoms with E-state index in [-0.39, 0.29) is 11.8 Å². The van der Waals surface area contributed by atoms with E-state index < -0.39 is 12.0 Å². The van der Waals surface area contributed by atoms with Gasteiger partial charge >= 0.3 is 5.97 Å². The molecule has 0 spiro atoms. The number of aliphatic carboxylic acids is 1. The van der Waals surface area contributed by atoms with Crippen molar-refractivity contribution in [1.82, 2.24) is 10.3 Å². The molecule has 0 radical (unpaired) electrons. The maximum atomic E-state index is 11.9. The molecule has 1 aromatic heterocycles. The van der Waals surface area contributed by atoms with Crippen molar-refractivity contribution in [3.05, 3.63) is 29.3 Å². The highest BCUT2D eigenvalue weighted by atomic mass is 32.1. The predicted octanol–water partition coefficient (Wildman–Crippen LogP) is 2.60. The molecule has 1 heterocycles. The van der Waals surface area contributed by atoms with Gasteiger partial charge in [0, 0.05) is 6.42 Å². The van der Waals surface area contributed by atoms with Crippen molar-refractivity contribution in [2.24, 2.45) is 5.92 Å². The Hall–Kier alpha value is -1.95. The number of rotatable bonds is 7. The van der Waals surface area contributed by atoms with Gasteiger partial charge < -0.3 is 10.4 Å². The van der Waals surface area contributed by atoms with E-state index in [0.29, 0.717) is 12.8 Å². The van der Waals surface area contributed by atoms with Crippen molar-refractivity contribution in [3.8, 4) is 0 Å². The largest absolute Gasteiger partial charge is 0.480 e. The molecule has 0 bridgehead atoms. The number of carboxylic acids is 1. The average Bonchev–Trinajstić information content (AvgIpc) is 3.23. The second kappa shape index (κ2) is 6.44. The smallest absolute Gasteiger partial charge is 0.326 e. The molecule has 1 amide bonds. The molecule has 5 nitrogen and oxygen atoms in total. The van der Waals surface area contributed by atoms with Crippen molar-refractivity contribution < 1.29 is 14.7 Å². The van der Waals surface area contributed by atoms with Crippen LogP contribution in [0.15, 0.2) is 24.3 Å². The summed E-state index contributed by atoms with van der Waals surface area (Å²) in [6.07, 6.45) is 3.55. The van der Waals surface area contributed by atoms with Crippen molar-refractivity contribution in [2.45, 2.75) is 38.1 Å². The van der Waals surface area contributed by atoms with Gasteiger partial charge in [0.05, 0.1) is 15.2 Å². The summed E-state index contributed by atoms with van der Waals surface area (Å²) in [4.78, 5) is 27.5. The lowest BCUT2D eigenvalue weighted by Crippen LogP contribution is -2.42. The van der Waals surface area contributed by atoms with Crippen LogP contribution in [0.3, 0.4) is 0 Å². The molecule has 0 saturated heterocycles. The summed E-state index contributed by atoms with van der Waals surface area (Å²) in [5, 5.41) is 12.7. The minimum Gasteiger partial charge on any atom is -0.480 e. The number of amides is 1. The first-order valence-corrected chi connectivity index (χ1v) is 8.32. The lowest BCUT2D eigenvalue weighted by atomic mass is 10.1. The molecule has 2 N–H and O–H groups in total. The van der Waals surface area contributed by atoms with E-state index in [1.807, 2.05) is 24.3 Å². The van der Waals surface area contributed by atoms with Gasteiger partial charge in [-0.3, -0.25) is 4.79 Å². The molecule has 1 unspecified atom stereocenters. The first-order chi connectivity index (χ1) is 10.6. The van der Waals surface area contributed by atoms with Gasteiger partial charge in [0.25, 0.3) is 0 Å². The summed E-state index contributed by atoms with van der Waals surface area (Å²) < 4.78 is 1.15. The molecule has 1 aliphatic carbocycles. The maximum absolute atomic E-state index is 11.9. The van der Waals surface area contributed by atoms with Gasteiger partial charge in [-0.1, -0.05) is 12.1 Å². The van der Waals surface area contributed by atoms with Crippen LogP contribution in [0.2, 0.25) is 0 Å². The molecule has 1 aromatic carbocycles. The summed E-state index contributed by atoms with van der Waals surface area (Å²) in [5.41, 5.74) is 0.992. The molecule has 2 aromatic rings. The molecule has 116 valence electrons. The molecule has 1 aliphatic rings. The number of aryl methyl sites for hydroxylation is 1. The highest BCUT2D eigenvalue weighted by molar-refractivity contribution is 7.18. The van der Waals surface area contributed by atoms with Gasteiger partial charge in [-0.05, 0) is 43.7 Å². The Morgan fingerprint density at radius 1 is 1.36 bits per heavy atom. The fraction of sp³-hybridized carbons (Fsp3) is 0.438. The molecule has 3 rings (SSSR count). The van der Waals surface area contributed by atoms with Crippen LogP contribution < -0.4 is 5.32 Å². The predicted molar refractivity (Wildman–Crippen MR) is 84.8 cm³/mol. The topological polar surface area (TPSA) is 79.3 Å². The highest BCUT2D eigenvalue weighted by Gasteiger charge is 2.37. The zero-order chi connectivity index (χ0) is 15.5. The summed E-state index contributed by atoms with van der Waals surface area (Å²) >= 11 is 1.65. The van der Waals surface area contributed by atoms with Crippen LogP contribution in [-0.2, 0) is 16.0 Å². The number of carbonyl (C=O) groups is 2. The maximum Gasteiger partial charge on any atom is 0.326 e. The van der Waals surface area contributed by atoms with Gasteiger partial charge in [-0.15, -0.1) is 11.3 Å². The van der Waals surface area contributed by atoms with E-state index in [1.54, 1.807) is 11.3 Å². The number of fused-ring (bicyclic) bond motifs is 1. The Morgan fingerprint density at radius 2 is 2.14 bits per heavy atom. The number of nitrogens with one attached hydrogen (secondary N) is 1. The van der Waals surface area contributed by atoms with Crippen LogP contribution in [0.4, 0.5) is 0 Å². The lowest BCUT2D eigenvalue weighted by Gasteiger charge is -2.13. The first-order valence-electron chi connectivity index (χ1n) is 7.50. The number of thiazole rings is 1. The molecular formula is C16H18N2O3S. The SMILES string of the molecule is O=C(CCCc1nc2ccccc2s1)NC(C(=O)O)C1CC1. The second-order valence-corrected chi connectivity index (χ2v) is 6.76. The van der Waals surface area contributed by atoms with Crippen molar-refractivity contribution in [1.29, 1.82) is 0 Å².